The summed E-state index contributed by atoms with van der Waals surface area (Å²) in [6, 6.07) is 3.01. The van der Waals surface area contributed by atoms with E-state index in [1.54, 1.807) is 10.4 Å². The van der Waals surface area contributed by atoms with Gasteiger partial charge in [0.1, 0.15) is 0 Å². The first-order chi connectivity index (χ1) is 9.22. The van der Waals surface area contributed by atoms with Crippen molar-refractivity contribution in [3.63, 3.8) is 0 Å². The van der Waals surface area contributed by atoms with E-state index in [0.29, 0.717) is 6.04 Å². The van der Waals surface area contributed by atoms with Gasteiger partial charge in [0.2, 0.25) is 0 Å². The zero-order chi connectivity index (χ0) is 13.7. The van der Waals surface area contributed by atoms with Crippen LogP contribution in [0.15, 0.2) is 6.07 Å². The minimum absolute atomic E-state index is 0.569. The molecule has 19 heavy (non-hydrogen) atoms. The van der Waals surface area contributed by atoms with Crippen molar-refractivity contribution in [2.24, 2.45) is 0 Å². The van der Waals surface area contributed by atoms with Crippen molar-refractivity contribution in [1.82, 2.24) is 10.2 Å². The number of aryl methyl sites for hydroxylation is 2. The van der Waals surface area contributed by atoms with Crippen LogP contribution in [-0.2, 0) is 19.4 Å². The SMILES string of the molecule is CCN(CC)CC(C)NCc1cc2c(s1)CCCC2. The number of fused-ring (bicyclic) bond motifs is 1. The summed E-state index contributed by atoms with van der Waals surface area (Å²) in [6.07, 6.45) is 5.39. The first-order valence-corrected chi connectivity index (χ1v) is 8.60. The number of nitrogens with zero attached hydrogens (tertiary/aromatic N) is 1. The van der Waals surface area contributed by atoms with Crippen LogP contribution in [0, 0.1) is 0 Å². The van der Waals surface area contributed by atoms with Crippen molar-refractivity contribution >= 4 is 11.3 Å². The molecule has 0 radical (unpaired) electrons. The van der Waals surface area contributed by atoms with Gasteiger partial charge in [0.15, 0.2) is 0 Å². The molecule has 1 aliphatic rings. The molecule has 2 nitrogen and oxygen atoms in total. The van der Waals surface area contributed by atoms with E-state index in [4.69, 9.17) is 0 Å². The summed E-state index contributed by atoms with van der Waals surface area (Å²) in [7, 11) is 0. The molecule has 3 heteroatoms. The van der Waals surface area contributed by atoms with Crippen LogP contribution in [0.2, 0.25) is 0 Å². The molecule has 0 bridgehead atoms. The van der Waals surface area contributed by atoms with Crippen molar-refractivity contribution in [2.45, 2.75) is 59.0 Å². The number of nitrogens with one attached hydrogen (secondary N) is 1. The first-order valence-electron chi connectivity index (χ1n) is 7.79. The molecule has 1 aliphatic carbocycles. The van der Waals surface area contributed by atoms with E-state index in [9.17, 15) is 0 Å². The van der Waals surface area contributed by atoms with Gasteiger partial charge in [-0.15, -0.1) is 11.3 Å². The summed E-state index contributed by atoms with van der Waals surface area (Å²) in [4.78, 5) is 5.66. The molecule has 1 N–H and O–H groups in total. The molecule has 0 fully saturated rings. The molecule has 0 aromatic carbocycles. The normalized spacial score (nSPS) is 16.6. The molecular weight excluding hydrogens is 252 g/mol. The fourth-order valence-corrected chi connectivity index (χ4v) is 4.06. The van der Waals surface area contributed by atoms with E-state index in [1.165, 1.54) is 30.6 Å². The Morgan fingerprint density at radius 3 is 2.68 bits per heavy atom. The molecule has 0 amide bonds. The molecule has 1 atom stereocenters. The summed E-state index contributed by atoms with van der Waals surface area (Å²) in [5, 5.41) is 3.68. The highest BCUT2D eigenvalue weighted by atomic mass is 32.1. The Balaban J connectivity index is 1.80. The Kier molecular flexibility index (Phi) is 5.86. The van der Waals surface area contributed by atoms with Gasteiger partial charge >= 0.3 is 0 Å². The van der Waals surface area contributed by atoms with Gasteiger partial charge in [-0.05, 0) is 57.3 Å². The predicted molar refractivity (Wildman–Crippen MR) is 85.1 cm³/mol. The van der Waals surface area contributed by atoms with Gasteiger partial charge in [-0.2, -0.15) is 0 Å². The summed E-state index contributed by atoms with van der Waals surface area (Å²) >= 11 is 2.03. The minimum atomic E-state index is 0.569. The van der Waals surface area contributed by atoms with Gasteiger partial charge in [-0.1, -0.05) is 13.8 Å². The summed E-state index contributed by atoms with van der Waals surface area (Å²) in [5.41, 5.74) is 1.63. The highest BCUT2D eigenvalue weighted by Gasteiger charge is 2.14. The fraction of sp³-hybridized carbons (Fsp3) is 0.750. The van der Waals surface area contributed by atoms with Crippen molar-refractivity contribution < 1.29 is 0 Å². The van der Waals surface area contributed by atoms with Gasteiger partial charge in [-0.25, -0.2) is 0 Å². The van der Waals surface area contributed by atoms with Crippen LogP contribution in [0.1, 0.15) is 48.9 Å². The molecule has 2 rings (SSSR count). The number of hydrogen-bond donors (Lipinski definition) is 1. The summed E-state index contributed by atoms with van der Waals surface area (Å²) < 4.78 is 0. The van der Waals surface area contributed by atoms with Crippen LogP contribution < -0.4 is 5.32 Å². The van der Waals surface area contributed by atoms with Crippen molar-refractivity contribution in [1.29, 1.82) is 0 Å². The Bertz CT molecular complexity index is 359. The third-order valence-corrected chi connectivity index (χ3v) is 5.34. The molecule has 1 aromatic heterocycles. The van der Waals surface area contributed by atoms with Crippen LogP contribution in [-0.4, -0.2) is 30.6 Å². The molecule has 0 saturated heterocycles. The van der Waals surface area contributed by atoms with Crippen molar-refractivity contribution in [2.75, 3.05) is 19.6 Å². The van der Waals surface area contributed by atoms with E-state index in [1.807, 2.05) is 11.3 Å². The van der Waals surface area contributed by atoms with Gasteiger partial charge in [0, 0.05) is 28.9 Å². The molecule has 108 valence electrons. The van der Waals surface area contributed by atoms with Crippen LogP contribution in [0.4, 0.5) is 0 Å². The minimum Gasteiger partial charge on any atom is -0.308 e. The maximum Gasteiger partial charge on any atom is 0.0302 e. The smallest absolute Gasteiger partial charge is 0.0302 e. The molecule has 0 saturated carbocycles. The van der Waals surface area contributed by atoms with E-state index >= 15 is 0 Å². The van der Waals surface area contributed by atoms with Crippen LogP contribution >= 0.6 is 11.3 Å². The molecule has 1 aromatic rings. The number of rotatable bonds is 7. The second-order valence-corrected chi connectivity index (χ2v) is 6.86. The quantitative estimate of drug-likeness (QED) is 0.823. The third kappa shape index (κ3) is 4.30. The van der Waals surface area contributed by atoms with Gasteiger partial charge in [0.05, 0.1) is 0 Å². The predicted octanol–water partition coefficient (Wildman–Crippen LogP) is 3.45. The molecule has 1 heterocycles. The molecule has 0 spiro atoms. The van der Waals surface area contributed by atoms with Gasteiger partial charge in [-0.3, -0.25) is 0 Å². The number of likely N-dealkylation sites (N-methyl/N-ethyl adjacent to an activating group) is 1. The Hall–Kier alpha value is -0.380. The number of hydrogen-bond acceptors (Lipinski definition) is 3. The topological polar surface area (TPSA) is 15.3 Å². The molecular formula is C16H28N2S. The average molecular weight is 280 g/mol. The largest absolute Gasteiger partial charge is 0.308 e. The van der Waals surface area contributed by atoms with Crippen molar-refractivity contribution in [3.05, 3.63) is 21.4 Å². The monoisotopic (exact) mass is 280 g/mol. The summed E-state index contributed by atoms with van der Waals surface area (Å²) in [6.45, 7) is 11.3. The van der Waals surface area contributed by atoms with E-state index in [2.05, 4.69) is 37.1 Å². The van der Waals surface area contributed by atoms with Crippen molar-refractivity contribution in [3.8, 4) is 0 Å². The zero-order valence-electron chi connectivity index (χ0n) is 12.7. The highest BCUT2D eigenvalue weighted by molar-refractivity contribution is 7.12. The highest BCUT2D eigenvalue weighted by Crippen LogP contribution is 2.29. The second-order valence-electron chi connectivity index (χ2n) is 5.64. The molecule has 1 unspecified atom stereocenters. The van der Waals surface area contributed by atoms with E-state index in [0.717, 1.165) is 26.2 Å². The van der Waals surface area contributed by atoms with Crippen LogP contribution in [0.3, 0.4) is 0 Å². The summed E-state index contributed by atoms with van der Waals surface area (Å²) in [5.74, 6) is 0. The Morgan fingerprint density at radius 1 is 1.26 bits per heavy atom. The van der Waals surface area contributed by atoms with Gasteiger partial charge < -0.3 is 10.2 Å². The maximum absolute atomic E-state index is 3.68. The zero-order valence-corrected chi connectivity index (χ0v) is 13.5. The Morgan fingerprint density at radius 2 is 2.00 bits per heavy atom. The lowest BCUT2D eigenvalue weighted by Crippen LogP contribution is -2.38. The van der Waals surface area contributed by atoms with Gasteiger partial charge in [0.25, 0.3) is 0 Å². The second kappa shape index (κ2) is 7.41. The Labute approximate surface area is 122 Å². The third-order valence-electron chi connectivity index (χ3n) is 4.10. The standard InChI is InChI=1S/C16H28N2S/c1-4-18(5-2)12-13(3)17-11-15-10-14-8-6-7-9-16(14)19-15/h10,13,17H,4-9,11-12H2,1-3H3. The molecule has 0 aliphatic heterocycles. The lowest BCUT2D eigenvalue weighted by atomic mass is 9.99. The van der Waals surface area contributed by atoms with Crippen LogP contribution in [0.25, 0.3) is 0 Å². The lowest BCUT2D eigenvalue weighted by molar-refractivity contribution is 0.271. The maximum atomic E-state index is 3.68. The van der Waals surface area contributed by atoms with E-state index < -0.39 is 0 Å². The average Bonchev–Trinajstić information content (AvgIpc) is 2.85. The van der Waals surface area contributed by atoms with Crippen LogP contribution in [0.5, 0.6) is 0 Å². The fourth-order valence-electron chi connectivity index (χ4n) is 2.85. The van der Waals surface area contributed by atoms with E-state index in [-0.39, 0.29) is 0 Å². The first kappa shape index (κ1) is 15.0. The number of thiophene rings is 1. The lowest BCUT2D eigenvalue weighted by Gasteiger charge is -2.23.